The molecule has 0 bridgehead atoms. The van der Waals surface area contributed by atoms with E-state index in [1.54, 1.807) is 0 Å². The molecule has 1 fully saturated rings. The van der Waals surface area contributed by atoms with E-state index >= 15 is 0 Å². The van der Waals surface area contributed by atoms with Gasteiger partial charge in [0.2, 0.25) is 11.0 Å². The van der Waals surface area contributed by atoms with Crippen molar-refractivity contribution in [3.05, 3.63) is 65.7 Å². The van der Waals surface area contributed by atoms with Crippen molar-refractivity contribution in [1.29, 1.82) is 0 Å². The largest absolute Gasteiger partial charge is 0.481 e. The smallest absolute Gasteiger partial charge is 0.309 e. The van der Waals surface area contributed by atoms with Crippen molar-refractivity contribution >= 4 is 28.3 Å². The number of benzene rings is 2. The molecule has 2 N–H and O–H groups in total. The molecule has 8 heteroatoms. The molecule has 1 aliphatic rings. The van der Waals surface area contributed by atoms with Crippen molar-refractivity contribution in [2.75, 3.05) is 18.4 Å². The van der Waals surface area contributed by atoms with Gasteiger partial charge in [-0.25, -0.2) is 0 Å². The van der Waals surface area contributed by atoms with Gasteiger partial charge in [0, 0.05) is 25.2 Å². The molecule has 0 unspecified atom stereocenters. The Morgan fingerprint density at radius 2 is 1.76 bits per heavy atom. The van der Waals surface area contributed by atoms with Gasteiger partial charge in [0.25, 0.3) is 0 Å². The lowest BCUT2D eigenvalue weighted by atomic mass is 9.99. The topological polar surface area (TPSA) is 95.4 Å². The zero-order chi connectivity index (χ0) is 20.2. The molecule has 1 aliphatic heterocycles. The van der Waals surface area contributed by atoms with Crippen molar-refractivity contribution < 1.29 is 14.7 Å². The van der Waals surface area contributed by atoms with E-state index in [0.717, 1.165) is 28.2 Å². The number of carboxylic acids is 1. The molecule has 7 nitrogen and oxygen atoms in total. The minimum absolute atomic E-state index is 0.122. The summed E-state index contributed by atoms with van der Waals surface area (Å²) in [5, 5.41) is 21.2. The van der Waals surface area contributed by atoms with E-state index in [2.05, 4.69) is 20.4 Å². The maximum atomic E-state index is 12.2. The van der Waals surface area contributed by atoms with E-state index in [0.29, 0.717) is 24.6 Å². The van der Waals surface area contributed by atoms with E-state index in [1.165, 1.54) is 11.3 Å². The highest BCUT2D eigenvalue weighted by Crippen LogP contribution is 2.27. The third kappa shape index (κ3) is 4.85. The summed E-state index contributed by atoms with van der Waals surface area (Å²) in [4.78, 5) is 25.1. The van der Waals surface area contributed by atoms with Crippen LogP contribution < -0.4 is 5.32 Å². The van der Waals surface area contributed by atoms with Gasteiger partial charge in [-0.15, -0.1) is 10.2 Å². The fourth-order valence-corrected chi connectivity index (χ4v) is 3.97. The third-order valence-electron chi connectivity index (χ3n) is 4.79. The first-order valence-electron chi connectivity index (χ1n) is 9.28. The van der Waals surface area contributed by atoms with Crippen LogP contribution in [-0.4, -0.2) is 45.2 Å². The fraction of sp³-hybridized carbons (Fsp3) is 0.238. The molecular formula is C21H20N4O3S. The van der Waals surface area contributed by atoms with Gasteiger partial charge in [-0.05, 0) is 11.1 Å². The van der Waals surface area contributed by atoms with Crippen molar-refractivity contribution in [2.45, 2.75) is 13.0 Å². The lowest BCUT2D eigenvalue weighted by Crippen LogP contribution is -2.49. The second kappa shape index (κ2) is 8.50. The van der Waals surface area contributed by atoms with Gasteiger partial charge in [-0.3, -0.25) is 14.5 Å². The molecule has 0 spiro atoms. The molecule has 2 aromatic carbocycles. The Balaban J connectivity index is 1.32. The van der Waals surface area contributed by atoms with Crippen molar-refractivity contribution in [3.63, 3.8) is 0 Å². The third-order valence-corrected chi connectivity index (χ3v) is 5.68. The molecule has 1 aromatic heterocycles. The highest BCUT2D eigenvalue weighted by atomic mass is 32.1. The van der Waals surface area contributed by atoms with Gasteiger partial charge in [0.05, 0.1) is 12.3 Å². The predicted molar refractivity (Wildman–Crippen MR) is 111 cm³/mol. The molecule has 0 atom stereocenters. The van der Waals surface area contributed by atoms with Crippen LogP contribution in [0.15, 0.2) is 54.6 Å². The average molecular weight is 408 g/mol. The van der Waals surface area contributed by atoms with Gasteiger partial charge in [-0.1, -0.05) is 65.9 Å². The van der Waals surface area contributed by atoms with E-state index in [-0.39, 0.29) is 11.8 Å². The fourth-order valence-electron chi connectivity index (χ4n) is 3.20. The Morgan fingerprint density at radius 1 is 1.03 bits per heavy atom. The van der Waals surface area contributed by atoms with Crippen LogP contribution in [0.2, 0.25) is 0 Å². The van der Waals surface area contributed by atoms with Crippen LogP contribution in [-0.2, 0) is 22.6 Å². The van der Waals surface area contributed by atoms with Crippen LogP contribution in [0.4, 0.5) is 5.13 Å². The number of amides is 1. The first-order valence-corrected chi connectivity index (χ1v) is 10.1. The number of hydrogen-bond acceptors (Lipinski definition) is 6. The van der Waals surface area contributed by atoms with Gasteiger partial charge in [0.15, 0.2) is 0 Å². The van der Waals surface area contributed by atoms with Crippen molar-refractivity contribution in [3.8, 4) is 10.6 Å². The number of nitrogens with zero attached hydrogens (tertiary/aromatic N) is 3. The molecular weight excluding hydrogens is 388 g/mol. The summed E-state index contributed by atoms with van der Waals surface area (Å²) in [5.74, 6) is -1.09. The second-order valence-electron chi connectivity index (χ2n) is 7.05. The Hall–Kier alpha value is -3.10. The van der Waals surface area contributed by atoms with Gasteiger partial charge < -0.3 is 10.4 Å². The summed E-state index contributed by atoms with van der Waals surface area (Å²) in [6.07, 6.45) is 0.295. The minimum atomic E-state index is -0.723. The van der Waals surface area contributed by atoms with Gasteiger partial charge in [0.1, 0.15) is 5.01 Å². The summed E-state index contributed by atoms with van der Waals surface area (Å²) in [6, 6.07) is 17.5. The lowest BCUT2D eigenvalue weighted by Gasteiger charge is -2.36. The van der Waals surface area contributed by atoms with Gasteiger partial charge in [-0.2, -0.15) is 0 Å². The Morgan fingerprint density at radius 3 is 2.45 bits per heavy atom. The second-order valence-corrected chi connectivity index (χ2v) is 8.03. The molecule has 4 rings (SSSR count). The first-order chi connectivity index (χ1) is 14.1. The number of carboxylic acid groups (broad SMARTS) is 1. The first kappa shape index (κ1) is 19.2. The number of hydrogen-bond donors (Lipinski definition) is 2. The lowest BCUT2D eigenvalue weighted by molar-refractivity contribution is -0.147. The number of likely N-dealkylation sites (tertiary alicyclic amines) is 1. The Kier molecular flexibility index (Phi) is 5.64. The maximum Gasteiger partial charge on any atom is 0.309 e. The number of carbonyl (C=O) groups excluding carboxylic acids is 1. The number of carbonyl (C=O) groups is 2. The number of nitrogens with one attached hydrogen (secondary N) is 1. The molecule has 29 heavy (non-hydrogen) atoms. The molecule has 1 saturated heterocycles. The summed E-state index contributed by atoms with van der Waals surface area (Å²) in [6.45, 7) is 1.93. The van der Waals surface area contributed by atoms with Crippen LogP contribution in [0.1, 0.15) is 11.1 Å². The average Bonchev–Trinajstić information content (AvgIpc) is 3.13. The Labute approximate surface area is 172 Å². The van der Waals surface area contributed by atoms with Crippen LogP contribution in [0.5, 0.6) is 0 Å². The van der Waals surface area contributed by atoms with Gasteiger partial charge >= 0.3 is 5.97 Å². The molecule has 2 heterocycles. The quantitative estimate of drug-likeness (QED) is 0.624. The van der Waals surface area contributed by atoms with Crippen molar-refractivity contribution in [2.24, 2.45) is 5.92 Å². The molecule has 148 valence electrons. The zero-order valence-corrected chi connectivity index (χ0v) is 16.4. The molecule has 0 saturated carbocycles. The Bertz CT molecular complexity index is 998. The van der Waals surface area contributed by atoms with E-state index in [1.807, 2.05) is 54.6 Å². The standard InChI is InChI=1S/C21H20N4O3S/c26-18(10-14-4-2-1-3-5-14)22-21-24-23-19(29-21)16-8-6-15(7-9-16)11-25-12-17(13-25)20(27)28/h1-9,17H,10-13H2,(H,27,28)(H,22,24,26). The normalized spacial score (nSPS) is 14.3. The predicted octanol–water partition coefficient (Wildman–Crippen LogP) is 2.90. The zero-order valence-electron chi connectivity index (χ0n) is 15.6. The number of aliphatic carboxylic acids is 1. The van der Waals surface area contributed by atoms with Crippen LogP contribution >= 0.6 is 11.3 Å². The SMILES string of the molecule is O=C(Cc1ccccc1)Nc1nnc(-c2ccc(CN3CC(C(=O)O)C3)cc2)s1. The molecule has 0 radical (unpaired) electrons. The number of anilines is 1. The number of aromatic nitrogens is 2. The van der Waals surface area contributed by atoms with E-state index in [4.69, 9.17) is 5.11 Å². The van der Waals surface area contributed by atoms with Crippen LogP contribution in [0, 0.1) is 5.92 Å². The van der Waals surface area contributed by atoms with E-state index < -0.39 is 5.97 Å². The molecule has 3 aromatic rings. The monoisotopic (exact) mass is 408 g/mol. The highest BCUT2D eigenvalue weighted by molar-refractivity contribution is 7.18. The summed E-state index contributed by atoms with van der Waals surface area (Å²) >= 11 is 1.33. The van der Waals surface area contributed by atoms with Crippen molar-refractivity contribution in [1.82, 2.24) is 15.1 Å². The molecule has 0 aliphatic carbocycles. The molecule has 1 amide bonds. The minimum Gasteiger partial charge on any atom is -0.481 e. The van der Waals surface area contributed by atoms with E-state index in [9.17, 15) is 9.59 Å². The summed E-state index contributed by atoms with van der Waals surface area (Å²) in [7, 11) is 0. The maximum absolute atomic E-state index is 12.2. The highest BCUT2D eigenvalue weighted by Gasteiger charge is 2.32. The number of rotatable bonds is 7. The van der Waals surface area contributed by atoms with Crippen LogP contribution in [0.3, 0.4) is 0 Å². The summed E-state index contributed by atoms with van der Waals surface area (Å²) < 4.78 is 0. The summed E-state index contributed by atoms with van der Waals surface area (Å²) in [5.41, 5.74) is 3.00. The van der Waals surface area contributed by atoms with Crippen LogP contribution in [0.25, 0.3) is 10.6 Å².